The molecule has 66 heavy (non-hydrogen) atoms. The van der Waals surface area contributed by atoms with Crippen molar-refractivity contribution in [2.24, 2.45) is 0 Å². The maximum atomic E-state index is 6.85. The van der Waals surface area contributed by atoms with E-state index in [4.69, 9.17) is 4.42 Å². The van der Waals surface area contributed by atoms with Crippen molar-refractivity contribution in [3.8, 4) is 11.1 Å². The van der Waals surface area contributed by atoms with Gasteiger partial charge in [-0.2, -0.15) is 0 Å². The molecule has 10 aromatic rings. The molecule has 0 saturated heterocycles. The molecule has 9 aromatic carbocycles. The van der Waals surface area contributed by atoms with E-state index in [2.05, 4.69) is 224 Å². The molecular weight excluding hydrogens is 802 g/mol. The van der Waals surface area contributed by atoms with Gasteiger partial charge in [0.1, 0.15) is 5.58 Å². The fourth-order valence-corrected chi connectivity index (χ4v) is 12.9. The molecule has 4 nitrogen and oxygen atoms in total. The van der Waals surface area contributed by atoms with Crippen molar-refractivity contribution in [2.45, 2.75) is 57.4 Å². The van der Waals surface area contributed by atoms with Crippen LogP contribution in [-0.4, -0.2) is 12.3 Å². The number of hydrogen-bond acceptors (Lipinski definition) is 4. The average Bonchev–Trinajstić information content (AvgIpc) is 3.84. The number of benzene rings is 9. The molecule has 1 aromatic heterocycles. The van der Waals surface area contributed by atoms with E-state index in [0.29, 0.717) is 0 Å². The van der Waals surface area contributed by atoms with Crippen LogP contribution in [0.5, 0.6) is 0 Å². The van der Waals surface area contributed by atoms with E-state index in [1.807, 2.05) is 0 Å². The van der Waals surface area contributed by atoms with Gasteiger partial charge in [-0.25, -0.2) is 0 Å². The molecule has 2 atom stereocenters. The monoisotopic (exact) mass is 849 g/mol. The van der Waals surface area contributed by atoms with E-state index in [1.54, 1.807) is 0 Å². The van der Waals surface area contributed by atoms with Gasteiger partial charge in [0.15, 0.2) is 5.58 Å². The van der Waals surface area contributed by atoms with Crippen molar-refractivity contribution in [3.05, 3.63) is 199 Å². The fraction of sp³-hybridized carbons (Fsp3) is 0.148. The number of hydrogen-bond donors (Lipinski definition) is 0. The minimum atomic E-state index is -0.0164. The Balaban J connectivity index is 1.03. The SMILES string of the molecule is Cc1cc2c3c(c1)N1c4c(cccc4C4(C)CCCCC14C)B3c1ccc(N(c3cccc(-c4ccc5ccccc5c4)c3)c3cccc4c3oc3ccccc34)cc1N2c1ccccc1. The average molecular weight is 850 g/mol. The third-order valence-corrected chi connectivity index (χ3v) is 16.2. The van der Waals surface area contributed by atoms with Crippen LogP contribution in [0.3, 0.4) is 0 Å². The normalized spacial score (nSPS) is 18.9. The number of anilines is 8. The molecule has 316 valence electrons. The first kappa shape index (κ1) is 37.8. The van der Waals surface area contributed by atoms with Crippen LogP contribution in [0.15, 0.2) is 192 Å². The van der Waals surface area contributed by atoms with E-state index in [1.165, 1.54) is 92.3 Å². The number of nitrogens with zero attached hydrogens (tertiary/aromatic N) is 3. The summed E-state index contributed by atoms with van der Waals surface area (Å²) >= 11 is 0. The smallest absolute Gasteiger partial charge is 0.252 e. The molecule has 0 radical (unpaired) electrons. The molecule has 2 unspecified atom stereocenters. The molecule has 1 aliphatic carbocycles. The number of rotatable bonds is 5. The van der Waals surface area contributed by atoms with E-state index in [9.17, 15) is 0 Å². The third-order valence-electron chi connectivity index (χ3n) is 16.2. The Morgan fingerprint density at radius 2 is 1.30 bits per heavy atom. The maximum absolute atomic E-state index is 6.85. The van der Waals surface area contributed by atoms with Crippen LogP contribution in [0.4, 0.5) is 45.5 Å². The summed E-state index contributed by atoms with van der Waals surface area (Å²) in [5.74, 6) is 0. The second kappa shape index (κ2) is 13.8. The molecule has 14 rings (SSSR count). The quantitative estimate of drug-likeness (QED) is 0.161. The first-order chi connectivity index (χ1) is 32.4. The second-order valence-electron chi connectivity index (χ2n) is 19.7. The zero-order chi connectivity index (χ0) is 43.9. The molecule has 0 amide bonds. The number of para-hydroxylation sites is 4. The van der Waals surface area contributed by atoms with Gasteiger partial charge in [0.05, 0.1) is 11.2 Å². The topological polar surface area (TPSA) is 22.9 Å². The van der Waals surface area contributed by atoms with Gasteiger partial charge < -0.3 is 19.1 Å². The summed E-state index contributed by atoms with van der Waals surface area (Å²) in [6.07, 6.45) is 4.93. The highest BCUT2D eigenvalue weighted by molar-refractivity contribution is 7.00. The van der Waals surface area contributed by atoms with Gasteiger partial charge in [0.2, 0.25) is 0 Å². The first-order valence-electron chi connectivity index (χ1n) is 23.7. The lowest BCUT2D eigenvalue weighted by Crippen LogP contribution is -2.64. The first-order valence-corrected chi connectivity index (χ1v) is 23.7. The van der Waals surface area contributed by atoms with E-state index >= 15 is 0 Å². The highest BCUT2D eigenvalue weighted by Crippen LogP contribution is 2.62. The summed E-state index contributed by atoms with van der Waals surface area (Å²) in [6.45, 7) is 7.49. The zero-order valence-electron chi connectivity index (χ0n) is 37.6. The van der Waals surface area contributed by atoms with Crippen LogP contribution < -0.4 is 31.1 Å². The Hall–Kier alpha value is -7.50. The highest BCUT2D eigenvalue weighted by Gasteiger charge is 2.61. The van der Waals surface area contributed by atoms with Crippen LogP contribution >= 0.6 is 0 Å². The zero-order valence-corrected chi connectivity index (χ0v) is 37.6. The second-order valence-corrected chi connectivity index (χ2v) is 19.7. The number of aryl methyl sites for hydroxylation is 1. The van der Waals surface area contributed by atoms with Crippen molar-refractivity contribution in [3.63, 3.8) is 0 Å². The molecule has 0 spiro atoms. The van der Waals surface area contributed by atoms with Gasteiger partial charge in [-0.15, -0.1) is 0 Å². The fourth-order valence-electron chi connectivity index (χ4n) is 12.9. The van der Waals surface area contributed by atoms with Crippen molar-refractivity contribution in [2.75, 3.05) is 14.7 Å². The largest absolute Gasteiger partial charge is 0.454 e. The van der Waals surface area contributed by atoms with Crippen molar-refractivity contribution < 1.29 is 4.42 Å². The van der Waals surface area contributed by atoms with E-state index in [-0.39, 0.29) is 17.7 Å². The molecule has 5 heteroatoms. The van der Waals surface area contributed by atoms with E-state index < -0.39 is 0 Å². The maximum Gasteiger partial charge on any atom is 0.252 e. The molecule has 0 bridgehead atoms. The van der Waals surface area contributed by atoms with Gasteiger partial charge in [-0.3, -0.25) is 0 Å². The standard InChI is InChI=1S/C61H48BN3O/c1-39-34-54-57-55(35-39)65-58-49(60(2)32-11-12-33-61(60,65)3)24-15-25-51(58)62(57)50-31-30-46(38-53(50)64(54)44-19-5-4-6-20-44)63(52-26-14-23-48-47-22-9-10-27-56(47)66-59(48)52)45-21-13-18-42(37-45)43-29-28-40-16-7-8-17-41(40)36-43/h4-10,13-31,34-38H,11-12,32-33H2,1-3H3. The van der Waals surface area contributed by atoms with E-state index in [0.717, 1.165) is 50.3 Å². The Kier molecular flexibility index (Phi) is 7.89. The molecule has 1 saturated carbocycles. The summed E-state index contributed by atoms with van der Waals surface area (Å²) in [7, 11) is 0. The van der Waals surface area contributed by atoms with Gasteiger partial charge in [0, 0.05) is 56.0 Å². The lowest BCUT2D eigenvalue weighted by atomic mass is 9.33. The summed E-state index contributed by atoms with van der Waals surface area (Å²) in [5.41, 5.74) is 20.7. The lowest BCUT2D eigenvalue weighted by Gasteiger charge is -2.52. The van der Waals surface area contributed by atoms with Crippen LogP contribution in [0.2, 0.25) is 0 Å². The minimum Gasteiger partial charge on any atom is -0.454 e. The third kappa shape index (κ3) is 5.11. The number of fused-ring (bicyclic) bond motifs is 11. The van der Waals surface area contributed by atoms with Gasteiger partial charge >= 0.3 is 0 Å². The summed E-state index contributed by atoms with van der Waals surface area (Å²) < 4.78 is 6.85. The Labute approximate surface area is 386 Å². The molecule has 4 aliphatic rings. The van der Waals surface area contributed by atoms with Crippen LogP contribution in [-0.2, 0) is 5.41 Å². The Morgan fingerprint density at radius 1 is 0.561 bits per heavy atom. The van der Waals surface area contributed by atoms with Crippen LogP contribution in [0.25, 0.3) is 43.8 Å². The predicted molar refractivity (Wildman–Crippen MR) is 278 cm³/mol. The Morgan fingerprint density at radius 3 is 2.21 bits per heavy atom. The molecular formula is C61H48BN3O. The van der Waals surface area contributed by atoms with Crippen molar-refractivity contribution in [1.82, 2.24) is 0 Å². The Bertz CT molecular complexity index is 3650. The highest BCUT2D eigenvalue weighted by atomic mass is 16.3. The van der Waals surface area contributed by atoms with Gasteiger partial charge in [-0.1, -0.05) is 141 Å². The molecule has 1 fully saturated rings. The molecule has 4 heterocycles. The van der Waals surface area contributed by atoms with Gasteiger partial charge in [-0.05, 0) is 143 Å². The minimum absolute atomic E-state index is 0.0164. The summed E-state index contributed by atoms with van der Waals surface area (Å²) in [5, 5.41) is 4.69. The molecule has 3 aliphatic heterocycles. The number of furan rings is 1. The van der Waals surface area contributed by atoms with Crippen molar-refractivity contribution >= 4 is 101 Å². The van der Waals surface area contributed by atoms with Crippen molar-refractivity contribution in [1.29, 1.82) is 0 Å². The van der Waals surface area contributed by atoms with Crippen LogP contribution in [0.1, 0.15) is 50.7 Å². The van der Waals surface area contributed by atoms with Crippen LogP contribution in [0, 0.1) is 6.92 Å². The summed E-state index contributed by atoms with van der Waals surface area (Å²) in [6, 6.07) is 69.9. The summed E-state index contributed by atoms with van der Waals surface area (Å²) in [4.78, 5) is 7.80. The molecule has 0 N–H and O–H groups in total. The lowest BCUT2D eigenvalue weighted by molar-refractivity contribution is 0.195. The predicted octanol–water partition coefficient (Wildman–Crippen LogP) is 14.5. The van der Waals surface area contributed by atoms with Gasteiger partial charge in [0.25, 0.3) is 6.71 Å².